The zero-order valence-corrected chi connectivity index (χ0v) is 12.1. The monoisotopic (exact) mass is 275 g/mol. The molecule has 1 atom stereocenters. The van der Waals surface area contributed by atoms with Gasteiger partial charge in [0.2, 0.25) is 0 Å². The number of ether oxygens (including phenoxy) is 1. The Balaban J connectivity index is 2.03. The predicted octanol–water partition coefficient (Wildman–Crippen LogP) is 3.05. The lowest BCUT2D eigenvalue weighted by Crippen LogP contribution is -2.42. The summed E-state index contributed by atoms with van der Waals surface area (Å²) in [6.45, 7) is 5.29. The van der Waals surface area contributed by atoms with Crippen molar-refractivity contribution in [2.45, 2.75) is 26.7 Å². The average Bonchev–Trinajstić information content (AvgIpc) is 2.48. The van der Waals surface area contributed by atoms with Crippen LogP contribution in [0.4, 0.5) is 4.79 Å². The van der Waals surface area contributed by atoms with Crippen LogP contribution in [0.2, 0.25) is 0 Å². The molecule has 4 heteroatoms. The zero-order chi connectivity index (χ0) is 14.5. The van der Waals surface area contributed by atoms with E-state index < -0.39 is 0 Å². The van der Waals surface area contributed by atoms with Gasteiger partial charge in [0.15, 0.2) is 5.78 Å². The standard InChI is InChI=1S/C16H21NO3/c1-3-20-16(19)17-10-4-5-14(11-17)15(18)13-8-6-12(2)7-9-13/h6-9,14H,3-5,10-11H2,1-2H3. The Bertz CT molecular complexity index is 481. The summed E-state index contributed by atoms with van der Waals surface area (Å²) in [4.78, 5) is 25.8. The highest BCUT2D eigenvalue weighted by Crippen LogP contribution is 2.21. The van der Waals surface area contributed by atoms with Gasteiger partial charge in [0.25, 0.3) is 0 Å². The summed E-state index contributed by atoms with van der Waals surface area (Å²) in [5.41, 5.74) is 1.87. The van der Waals surface area contributed by atoms with Crippen LogP contribution in [0.3, 0.4) is 0 Å². The third-order valence-corrected chi connectivity index (χ3v) is 3.65. The minimum absolute atomic E-state index is 0.115. The molecule has 20 heavy (non-hydrogen) atoms. The summed E-state index contributed by atoms with van der Waals surface area (Å²) in [5, 5.41) is 0. The molecular formula is C16H21NO3. The summed E-state index contributed by atoms with van der Waals surface area (Å²) in [7, 11) is 0. The summed E-state index contributed by atoms with van der Waals surface area (Å²) in [6, 6.07) is 7.61. The SMILES string of the molecule is CCOC(=O)N1CCCC(C(=O)c2ccc(C)cc2)C1. The van der Waals surface area contributed by atoms with Crippen LogP contribution in [0.15, 0.2) is 24.3 Å². The van der Waals surface area contributed by atoms with Crippen LogP contribution in [-0.2, 0) is 4.74 Å². The van der Waals surface area contributed by atoms with Crippen LogP contribution in [0.1, 0.15) is 35.7 Å². The van der Waals surface area contributed by atoms with E-state index in [1.165, 1.54) is 0 Å². The van der Waals surface area contributed by atoms with Crippen molar-refractivity contribution in [1.29, 1.82) is 0 Å². The molecule has 0 aromatic heterocycles. The maximum absolute atomic E-state index is 12.5. The number of ketones is 1. The predicted molar refractivity (Wildman–Crippen MR) is 76.8 cm³/mol. The second-order valence-corrected chi connectivity index (χ2v) is 5.21. The van der Waals surface area contributed by atoms with Gasteiger partial charge in [-0.1, -0.05) is 29.8 Å². The number of benzene rings is 1. The number of hydrogen-bond donors (Lipinski definition) is 0. The van der Waals surface area contributed by atoms with Crippen molar-refractivity contribution in [2.75, 3.05) is 19.7 Å². The topological polar surface area (TPSA) is 46.6 Å². The van der Waals surface area contributed by atoms with Gasteiger partial charge in [-0.2, -0.15) is 0 Å². The first-order valence-electron chi connectivity index (χ1n) is 7.14. The molecule has 1 aromatic carbocycles. The maximum atomic E-state index is 12.5. The van der Waals surface area contributed by atoms with E-state index >= 15 is 0 Å². The van der Waals surface area contributed by atoms with E-state index in [4.69, 9.17) is 4.74 Å². The number of hydrogen-bond acceptors (Lipinski definition) is 3. The summed E-state index contributed by atoms with van der Waals surface area (Å²) in [6.07, 6.45) is 1.37. The largest absolute Gasteiger partial charge is 0.450 e. The van der Waals surface area contributed by atoms with Crippen LogP contribution < -0.4 is 0 Å². The molecule has 0 N–H and O–H groups in total. The molecule has 0 aliphatic carbocycles. The Morgan fingerprint density at radius 2 is 2.00 bits per heavy atom. The van der Waals surface area contributed by atoms with Gasteiger partial charge in [-0.05, 0) is 26.7 Å². The number of nitrogens with zero attached hydrogens (tertiary/aromatic N) is 1. The average molecular weight is 275 g/mol. The number of likely N-dealkylation sites (tertiary alicyclic amines) is 1. The Morgan fingerprint density at radius 1 is 1.30 bits per heavy atom. The molecule has 2 rings (SSSR count). The fourth-order valence-electron chi connectivity index (χ4n) is 2.53. The van der Waals surface area contributed by atoms with Crippen molar-refractivity contribution in [1.82, 2.24) is 4.90 Å². The Morgan fingerprint density at radius 3 is 2.65 bits per heavy atom. The molecule has 0 spiro atoms. The maximum Gasteiger partial charge on any atom is 0.409 e. The molecule has 1 fully saturated rings. The van der Waals surface area contributed by atoms with E-state index in [0.717, 1.165) is 24.0 Å². The lowest BCUT2D eigenvalue weighted by atomic mass is 9.90. The van der Waals surface area contributed by atoms with Crippen molar-refractivity contribution >= 4 is 11.9 Å². The molecular weight excluding hydrogens is 254 g/mol. The first kappa shape index (κ1) is 14.6. The summed E-state index contributed by atoms with van der Waals surface area (Å²) in [5.74, 6) is 0.00913. The summed E-state index contributed by atoms with van der Waals surface area (Å²) >= 11 is 0. The number of Topliss-reactive ketones (excluding diaryl/α,β-unsaturated/α-hetero) is 1. The molecule has 0 radical (unpaired) electrons. The molecule has 1 aromatic rings. The van der Waals surface area contributed by atoms with Gasteiger partial charge in [-0.15, -0.1) is 0 Å². The second kappa shape index (κ2) is 6.55. The van der Waals surface area contributed by atoms with Crippen LogP contribution in [0, 0.1) is 12.8 Å². The number of carbonyl (C=O) groups is 2. The Labute approximate surface area is 119 Å². The van der Waals surface area contributed by atoms with E-state index in [9.17, 15) is 9.59 Å². The first-order valence-corrected chi connectivity index (χ1v) is 7.14. The number of aryl methyl sites for hydroxylation is 1. The Kier molecular flexibility index (Phi) is 4.77. The fraction of sp³-hybridized carbons (Fsp3) is 0.500. The minimum Gasteiger partial charge on any atom is -0.450 e. The van der Waals surface area contributed by atoms with Crippen LogP contribution in [0.5, 0.6) is 0 Å². The molecule has 1 unspecified atom stereocenters. The van der Waals surface area contributed by atoms with Crippen LogP contribution in [-0.4, -0.2) is 36.5 Å². The van der Waals surface area contributed by atoms with Gasteiger partial charge in [-0.25, -0.2) is 4.79 Å². The third-order valence-electron chi connectivity index (χ3n) is 3.65. The highest BCUT2D eigenvalue weighted by molar-refractivity contribution is 5.98. The fourth-order valence-corrected chi connectivity index (χ4v) is 2.53. The van der Waals surface area contributed by atoms with Crippen molar-refractivity contribution in [3.8, 4) is 0 Å². The lowest BCUT2D eigenvalue weighted by Gasteiger charge is -2.31. The zero-order valence-electron chi connectivity index (χ0n) is 12.1. The van der Waals surface area contributed by atoms with Gasteiger partial charge < -0.3 is 9.64 Å². The van der Waals surface area contributed by atoms with E-state index in [2.05, 4.69) is 0 Å². The van der Waals surface area contributed by atoms with Crippen molar-refractivity contribution in [3.63, 3.8) is 0 Å². The number of rotatable bonds is 3. The van der Waals surface area contributed by atoms with Gasteiger partial charge in [0, 0.05) is 24.6 Å². The highest BCUT2D eigenvalue weighted by Gasteiger charge is 2.29. The molecule has 1 heterocycles. The van der Waals surface area contributed by atoms with E-state index in [-0.39, 0.29) is 17.8 Å². The van der Waals surface area contributed by atoms with Crippen molar-refractivity contribution in [2.24, 2.45) is 5.92 Å². The molecule has 1 aliphatic rings. The summed E-state index contributed by atoms with van der Waals surface area (Å²) < 4.78 is 5.01. The minimum atomic E-state index is -0.311. The van der Waals surface area contributed by atoms with Gasteiger partial charge >= 0.3 is 6.09 Å². The molecule has 1 amide bonds. The van der Waals surface area contributed by atoms with E-state index in [1.54, 1.807) is 11.8 Å². The van der Waals surface area contributed by atoms with E-state index in [1.807, 2.05) is 31.2 Å². The van der Waals surface area contributed by atoms with E-state index in [0.29, 0.717) is 19.7 Å². The molecule has 1 saturated heterocycles. The number of carbonyl (C=O) groups excluding carboxylic acids is 2. The smallest absolute Gasteiger partial charge is 0.409 e. The van der Waals surface area contributed by atoms with Crippen LogP contribution >= 0.6 is 0 Å². The lowest BCUT2D eigenvalue weighted by molar-refractivity contribution is 0.0730. The quantitative estimate of drug-likeness (QED) is 0.796. The normalized spacial score (nSPS) is 18.7. The second-order valence-electron chi connectivity index (χ2n) is 5.21. The van der Waals surface area contributed by atoms with Gasteiger partial charge in [0.1, 0.15) is 0 Å². The molecule has 108 valence electrons. The number of amides is 1. The molecule has 4 nitrogen and oxygen atoms in total. The number of piperidine rings is 1. The molecule has 0 bridgehead atoms. The molecule has 0 saturated carbocycles. The van der Waals surface area contributed by atoms with Crippen molar-refractivity contribution < 1.29 is 14.3 Å². The molecule has 1 aliphatic heterocycles. The highest BCUT2D eigenvalue weighted by atomic mass is 16.6. The van der Waals surface area contributed by atoms with Crippen molar-refractivity contribution in [3.05, 3.63) is 35.4 Å². The van der Waals surface area contributed by atoms with Gasteiger partial charge in [0.05, 0.1) is 6.61 Å². The first-order chi connectivity index (χ1) is 9.61. The van der Waals surface area contributed by atoms with Gasteiger partial charge in [-0.3, -0.25) is 4.79 Å². The van der Waals surface area contributed by atoms with Crippen LogP contribution in [0.25, 0.3) is 0 Å². The Hall–Kier alpha value is -1.84. The third kappa shape index (κ3) is 3.38.